The average molecular weight is 239 g/mol. The molecular weight excluding hydrogens is 218 g/mol. The molecular formula is C12H21N3S. The molecule has 3 nitrogen and oxygen atoms in total. The van der Waals surface area contributed by atoms with E-state index in [-0.39, 0.29) is 0 Å². The summed E-state index contributed by atoms with van der Waals surface area (Å²) in [5, 5.41) is 4.73. The number of thiazole rings is 1. The van der Waals surface area contributed by atoms with Gasteiger partial charge in [0.05, 0.1) is 5.69 Å². The molecule has 4 heteroatoms. The average Bonchev–Trinajstić information content (AvgIpc) is 3.03. The second kappa shape index (κ2) is 5.15. The van der Waals surface area contributed by atoms with Gasteiger partial charge in [-0.25, -0.2) is 4.98 Å². The smallest absolute Gasteiger partial charge is 0.185 e. The van der Waals surface area contributed by atoms with Crippen LogP contribution in [0.15, 0.2) is 0 Å². The van der Waals surface area contributed by atoms with Gasteiger partial charge in [-0.3, -0.25) is 0 Å². The lowest BCUT2D eigenvalue weighted by Gasteiger charge is -2.16. The normalized spacial score (nSPS) is 15.4. The number of nitrogens with one attached hydrogen (secondary N) is 1. The lowest BCUT2D eigenvalue weighted by Crippen LogP contribution is -2.21. The van der Waals surface area contributed by atoms with Crippen LogP contribution >= 0.6 is 11.3 Å². The number of aryl methyl sites for hydroxylation is 1. The lowest BCUT2D eigenvalue weighted by atomic mass is 10.4. The number of hydrogen-bond acceptors (Lipinski definition) is 4. The maximum atomic E-state index is 4.66. The van der Waals surface area contributed by atoms with Crippen molar-refractivity contribution in [2.75, 3.05) is 18.0 Å². The molecule has 1 aromatic rings. The van der Waals surface area contributed by atoms with Gasteiger partial charge >= 0.3 is 0 Å². The first-order chi connectivity index (χ1) is 7.74. The van der Waals surface area contributed by atoms with E-state index in [0.717, 1.165) is 25.7 Å². The summed E-state index contributed by atoms with van der Waals surface area (Å²) < 4.78 is 0. The minimum atomic E-state index is 0.776. The van der Waals surface area contributed by atoms with E-state index in [0.29, 0.717) is 0 Å². The Morgan fingerprint density at radius 1 is 1.38 bits per heavy atom. The Bertz CT molecular complexity index is 340. The van der Waals surface area contributed by atoms with Crippen molar-refractivity contribution >= 4 is 16.5 Å². The van der Waals surface area contributed by atoms with Gasteiger partial charge in [0, 0.05) is 30.6 Å². The van der Waals surface area contributed by atoms with Gasteiger partial charge in [0.2, 0.25) is 0 Å². The summed E-state index contributed by atoms with van der Waals surface area (Å²) in [6.07, 6.45) is 2.70. The highest BCUT2D eigenvalue weighted by molar-refractivity contribution is 7.15. The van der Waals surface area contributed by atoms with E-state index < -0.39 is 0 Å². The van der Waals surface area contributed by atoms with E-state index in [1.54, 1.807) is 0 Å². The quantitative estimate of drug-likeness (QED) is 0.827. The van der Waals surface area contributed by atoms with Crippen LogP contribution in [0.2, 0.25) is 0 Å². The Kier molecular flexibility index (Phi) is 3.82. The summed E-state index contributed by atoms with van der Waals surface area (Å²) >= 11 is 1.84. The van der Waals surface area contributed by atoms with E-state index in [1.165, 1.54) is 28.5 Å². The second-order valence-electron chi connectivity index (χ2n) is 4.33. The Hall–Kier alpha value is -0.610. The summed E-state index contributed by atoms with van der Waals surface area (Å²) in [5.74, 6) is 0. The van der Waals surface area contributed by atoms with Crippen LogP contribution in [0.4, 0.5) is 5.13 Å². The van der Waals surface area contributed by atoms with E-state index in [2.05, 4.69) is 36.0 Å². The predicted molar refractivity (Wildman–Crippen MR) is 70.3 cm³/mol. The SMILES string of the molecule is CCN(CC)c1nc(C)c(CNC2CC2)s1. The second-order valence-corrected chi connectivity index (χ2v) is 5.39. The van der Waals surface area contributed by atoms with Crippen LogP contribution < -0.4 is 10.2 Å². The Labute approximate surface area is 102 Å². The highest BCUT2D eigenvalue weighted by atomic mass is 32.1. The molecule has 2 rings (SSSR count). The van der Waals surface area contributed by atoms with Gasteiger partial charge in [-0.15, -0.1) is 11.3 Å². The summed E-state index contributed by atoms with van der Waals surface area (Å²) in [7, 11) is 0. The van der Waals surface area contributed by atoms with Gasteiger partial charge in [0.15, 0.2) is 5.13 Å². The van der Waals surface area contributed by atoms with Crippen molar-refractivity contribution in [2.24, 2.45) is 0 Å². The fourth-order valence-corrected chi connectivity index (χ4v) is 2.87. The molecule has 1 aliphatic carbocycles. The number of aromatic nitrogens is 1. The molecule has 0 saturated heterocycles. The molecule has 1 N–H and O–H groups in total. The van der Waals surface area contributed by atoms with Crippen LogP contribution in [-0.2, 0) is 6.54 Å². The van der Waals surface area contributed by atoms with Gasteiger partial charge in [-0.2, -0.15) is 0 Å². The minimum absolute atomic E-state index is 0.776. The van der Waals surface area contributed by atoms with Crippen LogP contribution in [0.1, 0.15) is 37.3 Å². The van der Waals surface area contributed by atoms with Crippen LogP contribution in [0.25, 0.3) is 0 Å². The molecule has 0 atom stereocenters. The van der Waals surface area contributed by atoms with Gasteiger partial charge in [0.1, 0.15) is 0 Å². The molecule has 1 aromatic heterocycles. The third kappa shape index (κ3) is 2.74. The standard InChI is InChI=1S/C12H21N3S/c1-4-15(5-2)12-14-9(3)11(16-12)8-13-10-6-7-10/h10,13H,4-8H2,1-3H3. The maximum Gasteiger partial charge on any atom is 0.185 e. The molecule has 0 unspecified atom stereocenters. The molecule has 1 saturated carbocycles. The van der Waals surface area contributed by atoms with Crippen LogP contribution in [0.3, 0.4) is 0 Å². The highest BCUT2D eigenvalue weighted by Gasteiger charge is 2.21. The van der Waals surface area contributed by atoms with Crippen molar-refractivity contribution < 1.29 is 0 Å². The topological polar surface area (TPSA) is 28.2 Å². The fraction of sp³-hybridized carbons (Fsp3) is 0.750. The first kappa shape index (κ1) is 11.9. The first-order valence-corrected chi connectivity index (χ1v) is 7.00. The fourth-order valence-electron chi connectivity index (χ4n) is 1.73. The molecule has 0 bridgehead atoms. The monoisotopic (exact) mass is 239 g/mol. The zero-order valence-corrected chi connectivity index (χ0v) is 11.2. The zero-order chi connectivity index (χ0) is 11.5. The molecule has 0 radical (unpaired) electrons. The molecule has 0 aromatic carbocycles. The predicted octanol–water partition coefficient (Wildman–Crippen LogP) is 2.55. The number of hydrogen-bond donors (Lipinski definition) is 1. The number of nitrogens with zero attached hydrogens (tertiary/aromatic N) is 2. The van der Waals surface area contributed by atoms with Gasteiger partial charge in [0.25, 0.3) is 0 Å². The summed E-state index contributed by atoms with van der Waals surface area (Å²) in [4.78, 5) is 8.37. The van der Waals surface area contributed by atoms with E-state index in [1.807, 2.05) is 11.3 Å². The third-order valence-corrected chi connectivity index (χ3v) is 4.26. The molecule has 90 valence electrons. The first-order valence-electron chi connectivity index (χ1n) is 6.19. The van der Waals surface area contributed by atoms with Crippen molar-refractivity contribution in [3.05, 3.63) is 10.6 Å². The Morgan fingerprint density at radius 3 is 2.62 bits per heavy atom. The molecule has 1 aliphatic rings. The van der Waals surface area contributed by atoms with E-state index in [9.17, 15) is 0 Å². The molecule has 1 fully saturated rings. The van der Waals surface area contributed by atoms with Crippen molar-refractivity contribution in [1.29, 1.82) is 0 Å². The summed E-state index contributed by atoms with van der Waals surface area (Å²) in [5.41, 5.74) is 1.19. The molecule has 0 amide bonds. The molecule has 1 heterocycles. The zero-order valence-electron chi connectivity index (χ0n) is 10.4. The van der Waals surface area contributed by atoms with Gasteiger partial charge < -0.3 is 10.2 Å². The van der Waals surface area contributed by atoms with Crippen LogP contribution in [0, 0.1) is 6.92 Å². The van der Waals surface area contributed by atoms with Gasteiger partial charge in [-0.1, -0.05) is 0 Å². The van der Waals surface area contributed by atoms with Crippen molar-refractivity contribution in [2.45, 2.75) is 46.2 Å². The Balaban J connectivity index is 2.01. The maximum absolute atomic E-state index is 4.66. The molecule has 16 heavy (non-hydrogen) atoms. The van der Waals surface area contributed by atoms with Crippen LogP contribution in [-0.4, -0.2) is 24.1 Å². The van der Waals surface area contributed by atoms with Gasteiger partial charge in [-0.05, 0) is 33.6 Å². The molecule has 0 aliphatic heterocycles. The van der Waals surface area contributed by atoms with Crippen molar-refractivity contribution in [1.82, 2.24) is 10.3 Å². The van der Waals surface area contributed by atoms with Crippen LogP contribution in [0.5, 0.6) is 0 Å². The van der Waals surface area contributed by atoms with E-state index >= 15 is 0 Å². The largest absolute Gasteiger partial charge is 0.349 e. The lowest BCUT2D eigenvalue weighted by molar-refractivity contribution is 0.691. The Morgan fingerprint density at radius 2 is 2.06 bits per heavy atom. The minimum Gasteiger partial charge on any atom is -0.349 e. The molecule has 0 spiro atoms. The summed E-state index contributed by atoms with van der Waals surface area (Å²) in [6, 6.07) is 0.776. The summed E-state index contributed by atoms with van der Waals surface area (Å²) in [6.45, 7) is 9.56. The van der Waals surface area contributed by atoms with E-state index in [4.69, 9.17) is 0 Å². The number of rotatable bonds is 6. The third-order valence-electron chi connectivity index (χ3n) is 3.04. The highest BCUT2D eigenvalue weighted by Crippen LogP contribution is 2.27. The van der Waals surface area contributed by atoms with Crippen molar-refractivity contribution in [3.63, 3.8) is 0 Å². The van der Waals surface area contributed by atoms with Crippen molar-refractivity contribution in [3.8, 4) is 0 Å². The number of anilines is 1.